The van der Waals surface area contributed by atoms with Crippen molar-refractivity contribution in [1.29, 1.82) is 0 Å². The van der Waals surface area contributed by atoms with Crippen LogP contribution in [0.15, 0.2) is 0 Å². The summed E-state index contributed by atoms with van der Waals surface area (Å²) < 4.78 is 0. The Morgan fingerprint density at radius 2 is 2.13 bits per heavy atom. The van der Waals surface area contributed by atoms with Crippen molar-refractivity contribution in [3.63, 3.8) is 0 Å². The largest absolute Gasteiger partial charge is 0.314 e. The molecule has 1 rings (SSSR count). The molecule has 0 radical (unpaired) electrons. The molecule has 1 nitrogen and oxygen atoms in total. The molecule has 1 N–H and O–H groups in total. The molecule has 0 aromatic heterocycles. The fraction of sp³-hybridized carbons (Fsp3) is 1.00. The molecule has 0 aliphatic heterocycles. The molecule has 90 valence electrons. The minimum Gasteiger partial charge on any atom is -0.314 e. The van der Waals surface area contributed by atoms with Crippen LogP contribution in [0.3, 0.4) is 0 Å². The van der Waals surface area contributed by atoms with E-state index >= 15 is 0 Å². The summed E-state index contributed by atoms with van der Waals surface area (Å²) in [4.78, 5) is 0. The van der Waals surface area contributed by atoms with E-state index < -0.39 is 0 Å². The van der Waals surface area contributed by atoms with Crippen LogP contribution < -0.4 is 5.32 Å². The standard InChI is InChI=1S/C12H24ClNS/c1-2-15-9-5-8-14-12-7-4-3-6-11(12)10-13/h11-12,14H,2-10H2,1H3. The van der Waals surface area contributed by atoms with Crippen LogP contribution in [0.5, 0.6) is 0 Å². The van der Waals surface area contributed by atoms with Crippen molar-refractivity contribution in [3.8, 4) is 0 Å². The van der Waals surface area contributed by atoms with Gasteiger partial charge in [0.15, 0.2) is 0 Å². The van der Waals surface area contributed by atoms with E-state index in [1.165, 1.54) is 50.2 Å². The average Bonchev–Trinajstić information content (AvgIpc) is 2.29. The van der Waals surface area contributed by atoms with Gasteiger partial charge in [0.05, 0.1) is 0 Å². The second kappa shape index (κ2) is 8.72. The summed E-state index contributed by atoms with van der Waals surface area (Å²) in [5.41, 5.74) is 0. The first-order chi connectivity index (χ1) is 7.38. The third-order valence-electron chi connectivity index (χ3n) is 3.18. The summed E-state index contributed by atoms with van der Waals surface area (Å²) in [7, 11) is 0. The summed E-state index contributed by atoms with van der Waals surface area (Å²) >= 11 is 8.03. The molecule has 1 saturated carbocycles. The van der Waals surface area contributed by atoms with E-state index in [9.17, 15) is 0 Å². The highest BCUT2D eigenvalue weighted by atomic mass is 35.5. The van der Waals surface area contributed by atoms with Gasteiger partial charge in [0.1, 0.15) is 0 Å². The Hall–Kier alpha value is 0.600. The molecule has 2 atom stereocenters. The number of rotatable bonds is 7. The molecule has 1 fully saturated rings. The van der Waals surface area contributed by atoms with Gasteiger partial charge in [-0.25, -0.2) is 0 Å². The van der Waals surface area contributed by atoms with Crippen molar-refractivity contribution in [3.05, 3.63) is 0 Å². The van der Waals surface area contributed by atoms with Crippen LogP contribution in [0.2, 0.25) is 0 Å². The lowest BCUT2D eigenvalue weighted by Crippen LogP contribution is -2.39. The lowest BCUT2D eigenvalue weighted by molar-refractivity contribution is 0.285. The molecule has 0 aromatic rings. The maximum atomic E-state index is 5.99. The van der Waals surface area contributed by atoms with Crippen LogP contribution in [-0.4, -0.2) is 30.0 Å². The Kier molecular flexibility index (Phi) is 7.94. The van der Waals surface area contributed by atoms with Gasteiger partial charge < -0.3 is 5.32 Å². The number of alkyl halides is 1. The molecule has 1 aliphatic carbocycles. The molecule has 15 heavy (non-hydrogen) atoms. The highest BCUT2D eigenvalue weighted by molar-refractivity contribution is 7.99. The fourth-order valence-corrected chi connectivity index (χ4v) is 3.27. The first-order valence-electron chi connectivity index (χ1n) is 6.25. The normalized spacial score (nSPS) is 26.8. The van der Waals surface area contributed by atoms with Crippen molar-refractivity contribution in [1.82, 2.24) is 5.32 Å². The second-order valence-electron chi connectivity index (χ2n) is 4.31. The van der Waals surface area contributed by atoms with Gasteiger partial charge in [0.2, 0.25) is 0 Å². The molecule has 0 bridgehead atoms. The quantitative estimate of drug-likeness (QED) is 0.547. The molecule has 0 aromatic carbocycles. The second-order valence-corrected chi connectivity index (χ2v) is 6.01. The maximum absolute atomic E-state index is 5.99. The Balaban J connectivity index is 2.07. The number of hydrogen-bond acceptors (Lipinski definition) is 2. The zero-order valence-electron chi connectivity index (χ0n) is 9.80. The summed E-state index contributed by atoms with van der Waals surface area (Å²) in [6.07, 6.45) is 6.71. The van der Waals surface area contributed by atoms with E-state index in [-0.39, 0.29) is 0 Å². The smallest absolute Gasteiger partial charge is 0.0266 e. The zero-order chi connectivity index (χ0) is 10.9. The van der Waals surface area contributed by atoms with Crippen LogP contribution >= 0.6 is 23.4 Å². The average molecular weight is 250 g/mol. The van der Waals surface area contributed by atoms with Crippen molar-refractivity contribution >= 4 is 23.4 Å². The Labute approximate surface area is 104 Å². The van der Waals surface area contributed by atoms with Crippen molar-refractivity contribution < 1.29 is 0 Å². The summed E-state index contributed by atoms with van der Waals surface area (Å²) in [6.45, 7) is 3.40. The SMILES string of the molecule is CCSCCCNC1CCCCC1CCl. The fourth-order valence-electron chi connectivity index (χ4n) is 2.27. The molecule has 0 spiro atoms. The summed E-state index contributed by atoms with van der Waals surface area (Å²) in [5.74, 6) is 4.09. The van der Waals surface area contributed by atoms with E-state index in [1.54, 1.807) is 0 Å². The first kappa shape index (κ1) is 13.7. The van der Waals surface area contributed by atoms with Crippen LogP contribution in [-0.2, 0) is 0 Å². The minimum atomic E-state index is 0.697. The molecule has 1 aliphatic rings. The lowest BCUT2D eigenvalue weighted by Gasteiger charge is -2.31. The van der Waals surface area contributed by atoms with Crippen molar-refractivity contribution in [2.24, 2.45) is 5.92 Å². The summed E-state index contributed by atoms with van der Waals surface area (Å²) in [5, 5.41) is 3.68. The van der Waals surface area contributed by atoms with E-state index in [1.807, 2.05) is 11.8 Å². The highest BCUT2D eigenvalue weighted by Gasteiger charge is 2.23. The number of thioether (sulfide) groups is 1. The van der Waals surface area contributed by atoms with Crippen LogP contribution in [0, 0.1) is 5.92 Å². The molecule has 3 heteroatoms. The van der Waals surface area contributed by atoms with Gasteiger partial charge in [-0.05, 0) is 43.2 Å². The zero-order valence-corrected chi connectivity index (χ0v) is 11.4. The van der Waals surface area contributed by atoms with E-state index in [2.05, 4.69) is 12.2 Å². The number of nitrogens with one attached hydrogen (secondary N) is 1. The molecule has 0 heterocycles. The van der Waals surface area contributed by atoms with Gasteiger partial charge in [-0.2, -0.15) is 11.8 Å². The molecular formula is C12H24ClNS. The van der Waals surface area contributed by atoms with Gasteiger partial charge in [0, 0.05) is 11.9 Å². The predicted molar refractivity (Wildman–Crippen MR) is 72.1 cm³/mol. The van der Waals surface area contributed by atoms with Gasteiger partial charge >= 0.3 is 0 Å². The Morgan fingerprint density at radius 1 is 1.33 bits per heavy atom. The van der Waals surface area contributed by atoms with Gasteiger partial charge in [-0.1, -0.05) is 19.8 Å². The third kappa shape index (κ3) is 5.46. The van der Waals surface area contributed by atoms with Crippen molar-refractivity contribution in [2.45, 2.75) is 45.1 Å². The lowest BCUT2D eigenvalue weighted by atomic mass is 9.86. The highest BCUT2D eigenvalue weighted by Crippen LogP contribution is 2.25. The number of halogens is 1. The molecule has 0 amide bonds. The maximum Gasteiger partial charge on any atom is 0.0266 e. The van der Waals surface area contributed by atoms with Crippen LogP contribution in [0.4, 0.5) is 0 Å². The Morgan fingerprint density at radius 3 is 2.87 bits per heavy atom. The topological polar surface area (TPSA) is 12.0 Å². The van der Waals surface area contributed by atoms with Gasteiger partial charge in [0.25, 0.3) is 0 Å². The Bertz CT molecular complexity index is 155. The minimum absolute atomic E-state index is 0.697. The van der Waals surface area contributed by atoms with Gasteiger partial charge in [-0.3, -0.25) is 0 Å². The van der Waals surface area contributed by atoms with Crippen LogP contribution in [0.1, 0.15) is 39.0 Å². The predicted octanol–water partition coefficient (Wildman–Crippen LogP) is 3.52. The van der Waals surface area contributed by atoms with E-state index in [0.717, 1.165) is 11.8 Å². The van der Waals surface area contributed by atoms with E-state index in [0.29, 0.717) is 6.04 Å². The van der Waals surface area contributed by atoms with Gasteiger partial charge in [-0.15, -0.1) is 11.6 Å². The van der Waals surface area contributed by atoms with Crippen LogP contribution in [0.25, 0.3) is 0 Å². The monoisotopic (exact) mass is 249 g/mol. The van der Waals surface area contributed by atoms with E-state index in [4.69, 9.17) is 11.6 Å². The first-order valence-corrected chi connectivity index (χ1v) is 7.94. The summed E-state index contributed by atoms with van der Waals surface area (Å²) in [6, 6.07) is 0.697. The van der Waals surface area contributed by atoms with Crippen molar-refractivity contribution in [2.75, 3.05) is 23.9 Å². The molecule has 0 saturated heterocycles. The third-order valence-corrected chi connectivity index (χ3v) is 4.57. The molecule has 2 unspecified atom stereocenters. The molecular weight excluding hydrogens is 226 g/mol. The number of hydrogen-bond donors (Lipinski definition) is 1.